The van der Waals surface area contributed by atoms with Gasteiger partial charge >= 0.3 is 17.9 Å². The van der Waals surface area contributed by atoms with Crippen molar-refractivity contribution in [1.82, 2.24) is 0 Å². The lowest BCUT2D eigenvalue weighted by Crippen LogP contribution is -2.58. The van der Waals surface area contributed by atoms with Crippen molar-refractivity contribution in [1.29, 1.82) is 0 Å². The highest BCUT2D eigenvalue weighted by molar-refractivity contribution is 5.67. The number of carbonyl (C=O) groups is 3. The van der Waals surface area contributed by atoms with Crippen LogP contribution in [0.1, 0.15) is 27.7 Å². The zero-order chi connectivity index (χ0) is 16.9. The van der Waals surface area contributed by atoms with Gasteiger partial charge in [0.2, 0.25) is 0 Å². The first-order chi connectivity index (χ1) is 10.3. The molecule has 9 heteroatoms. The molecular formula is C13H21NO8. The molecule has 0 saturated carbocycles. The highest BCUT2D eigenvalue weighted by Crippen LogP contribution is 2.30. The van der Waals surface area contributed by atoms with Gasteiger partial charge in [-0.1, -0.05) is 6.92 Å². The van der Waals surface area contributed by atoms with Crippen LogP contribution in [0.3, 0.4) is 0 Å². The molecule has 22 heavy (non-hydrogen) atoms. The first kappa shape index (κ1) is 18.3. The smallest absolute Gasteiger partial charge is 0.303 e. The Morgan fingerprint density at radius 3 is 2.00 bits per heavy atom. The summed E-state index contributed by atoms with van der Waals surface area (Å²) in [5, 5.41) is 0. The van der Waals surface area contributed by atoms with Gasteiger partial charge < -0.3 is 18.9 Å². The van der Waals surface area contributed by atoms with Crippen molar-refractivity contribution in [3.63, 3.8) is 0 Å². The molecule has 0 aromatic heterocycles. The molecular weight excluding hydrogens is 298 g/mol. The van der Waals surface area contributed by atoms with E-state index in [-0.39, 0.29) is 6.61 Å². The Labute approximate surface area is 127 Å². The van der Waals surface area contributed by atoms with E-state index in [0.717, 1.165) is 0 Å². The maximum absolute atomic E-state index is 11.3. The maximum Gasteiger partial charge on any atom is 0.303 e. The lowest BCUT2D eigenvalue weighted by atomic mass is 9.92. The third-order valence-corrected chi connectivity index (χ3v) is 3.14. The normalized spacial score (nSPS) is 31.2. The second kappa shape index (κ2) is 8.06. The Morgan fingerprint density at radius 2 is 1.55 bits per heavy atom. The van der Waals surface area contributed by atoms with Gasteiger partial charge in [0.15, 0.2) is 12.4 Å². The van der Waals surface area contributed by atoms with E-state index in [4.69, 9.17) is 29.7 Å². The van der Waals surface area contributed by atoms with Gasteiger partial charge in [0, 0.05) is 26.7 Å². The van der Waals surface area contributed by atoms with Gasteiger partial charge in [-0.15, -0.1) is 0 Å². The van der Waals surface area contributed by atoms with E-state index in [1.807, 2.05) is 0 Å². The van der Waals surface area contributed by atoms with E-state index >= 15 is 0 Å². The summed E-state index contributed by atoms with van der Waals surface area (Å²) in [4.78, 5) is 38.3. The van der Waals surface area contributed by atoms with Crippen LogP contribution >= 0.6 is 0 Å². The van der Waals surface area contributed by atoms with E-state index in [9.17, 15) is 14.4 Å². The van der Waals surface area contributed by atoms with Gasteiger partial charge in [0.25, 0.3) is 0 Å². The SMILES string of the molecule is CC(=O)OC[C@H]1O[C@@H](ON)[C@H](C)[C@@H](OC(C)=O)[C@H]1OC(C)=O. The standard InChI is InChI=1S/C13H21NO8/c1-6-11(19-8(3)16)12(20-9(4)17)10(5-18-7(2)15)21-13(6)22-14/h6,10-13H,5,14H2,1-4H3/t6-,10-,11-,12+,13+/m1/s1. The fourth-order valence-corrected chi connectivity index (χ4v) is 2.23. The highest BCUT2D eigenvalue weighted by Gasteiger charge is 2.48. The van der Waals surface area contributed by atoms with Gasteiger partial charge in [-0.2, -0.15) is 0 Å². The largest absolute Gasteiger partial charge is 0.463 e. The second-order valence-corrected chi connectivity index (χ2v) is 4.99. The molecule has 9 nitrogen and oxygen atoms in total. The molecule has 0 aromatic carbocycles. The molecule has 0 spiro atoms. The van der Waals surface area contributed by atoms with Gasteiger partial charge in [0.05, 0.1) is 0 Å². The lowest BCUT2D eigenvalue weighted by Gasteiger charge is -2.43. The number of esters is 3. The zero-order valence-corrected chi connectivity index (χ0v) is 12.9. The van der Waals surface area contributed by atoms with Crippen molar-refractivity contribution in [3.8, 4) is 0 Å². The van der Waals surface area contributed by atoms with Crippen molar-refractivity contribution in [2.75, 3.05) is 6.61 Å². The van der Waals surface area contributed by atoms with Crippen LogP contribution in [-0.2, 0) is 38.2 Å². The van der Waals surface area contributed by atoms with Crippen LogP contribution in [0.25, 0.3) is 0 Å². The number of rotatable bonds is 5. The van der Waals surface area contributed by atoms with Crippen LogP contribution in [0.5, 0.6) is 0 Å². The Kier molecular flexibility index (Phi) is 6.72. The monoisotopic (exact) mass is 319 g/mol. The molecule has 1 aliphatic rings. The Morgan fingerprint density at radius 1 is 1.00 bits per heavy atom. The Hall–Kier alpha value is -1.71. The average molecular weight is 319 g/mol. The molecule has 126 valence electrons. The lowest BCUT2D eigenvalue weighted by molar-refractivity contribution is -0.290. The molecule has 1 heterocycles. The van der Waals surface area contributed by atoms with Gasteiger partial charge in [0.1, 0.15) is 18.8 Å². The number of carbonyl (C=O) groups excluding carboxylic acids is 3. The molecule has 0 radical (unpaired) electrons. The number of nitrogens with two attached hydrogens (primary N) is 1. The first-order valence-corrected chi connectivity index (χ1v) is 6.75. The molecule has 0 bridgehead atoms. The first-order valence-electron chi connectivity index (χ1n) is 6.75. The Balaban J connectivity index is 3.00. The second-order valence-electron chi connectivity index (χ2n) is 4.99. The molecule has 1 saturated heterocycles. The number of ether oxygens (including phenoxy) is 4. The van der Waals surface area contributed by atoms with Crippen LogP contribution in [0.4, 0.5) is 0 Å². The average Bonchev–Trinajstić information content (AvgIpc) is 2.41. The van der Waals surface area contributed by atoms with E-state index in [1.54, 1.807) is 6.92 Å². The Bertz CT molecular complexity index is 426. The van der Waals surface area contributed by atoms with E-state index in [1.165, 1.54) is 20.8 Å². The van der Waals surface area contributed by atoms with Gasteiger partial charge in [-0.25, -0.2) is 5.90 Å². The van der Waals surface area contributed by atoms with Crippen LogP contribution in [0.2, 0.25) is 0 Å². The predicted octanol–water partition coefficient (Wildman–Crippen LogP) is -0.336. The summed E-state index contributed by atoms with van der Waals surface area (Å²) in [6.07, 6.45) is -3.56. The van der Waals surface area contributed by atoms with E-state index in [2.05, 4.69) is 0 Å². The van der Waals surface area contributed by atoms with Crippen LogP contribution in [0.15, 0.2) is 0 Å². The van der Waals surface area contributed by atoms with E-state index < -0.39 is 48.4 Å². The third-order valence-electron chi connectivity index (χ3n) is 3.14. The summed E-state index contributed by atoms with van der Waals surface area (Å²) in [5.74, 6) is 3.00. The maximum atomic E-state index is 11.3. The number of hydrogen-bond acceptors (Lipinski definition) is 9. The van der Waals surface area contributed by atoms with Crippen molar-refractivity contribution < 1.29 is 38.2 Å². The van der Waals surface area contributed by atoms with Gasteiger partial charge in [-0.05, 0) is 0 Å². The summed E-state index contributed by atoms with van der Waals surface area (Å²) in [7, 11) is 0. The van der Waals surface area contributed by atoms with Crippen LogP contribution < -0.4 is 5.90 Å². The molecule has 0 amide bonds. The molecule has 1 rings (SSSR count). The quantitative estimate of drug-likeness (QED) is 0.412. The number of hydrogen-bond donors (Lipinski definition) is 1. The zero-order valence-electron chi connectivity index (χ0n) is 12.9. The predicted molar refractivity (Wildman–Crippen MR) is 70.8 cm³/mol. The van der Waals surface area contributed by atoms with Gasteiger partial charge in [-0.3, -0.25) is 19.2 Å². The van der Waals surface area contributed by atoms with Crippen molar-refractivity contribution >= 4 is 17.9 Å². The van der Waals surface area contributed by atoms with Crippen molar-refractivity contribution in [2.24, 2.45) is 11.8 Å². The van der Waals surface area contributed by atoms with E-state index in [0.29, 0.717) is 0 Å². The fraction of sp³-hybridized carbons (Fsp3) is 0.769. The molecule has 0 aromatic rings. The summed E-state index contributed by atoms with van der Waals surface area (Å²) >= 11 is 0. The minimum Gasteiger partial charge on any atom is -0.463 e. The third kappa shape index (κ3) is 4.93. The molecule has 2 N–H and O–H groups in total. The molecule has 0 unspecified atom stereocenters. The summed E-state index contributed by atoms with van der Waals surface area (Å²) in [6, 6.07) is 0. The van der Waals surface area contributed by atoms with Crippen LogP contribution in [0, 0.1) is 5.92 Å². The van der Waals surface area contributed by atoms with Crippen LogP contribution in [-0.4, -0.2) is 49.1 Å². The summed E-state index contributed by atoms with van der Waals surface area (Å²) in [5.41, 5.74) is 0. The summed E-state index contributed by atoms with van der Waals surface area (Å²) < 4.78 is 20.8. The topological polar surface area (TPSA) is 123 Å². The minimum absolute atomic E-state index is 0.197. The van der Waals surface area contributed by atoms with Crippen molar-refractivity contribution in [2.45, 2.75) is 52.3 Å². The molecule has 1 fully saturated rings. The molecule has 0 aliphatic carbocycles. The molecule has 1 aliphatic heterocycles. The van der Waals surface area contributed by atoms with Crippen molar-refractivity contribution in [3.05, 3.63) is 0 Å². The fourth-order valence-electron chi connectivity index (χ4n) is 2.23. The summed E-state index contributed by atoms with van der Waals surface area (Å²) in [6.45, 7) is 5.14. The highest BCUT2D eigenvalue weighted by atomic mass is 16.8. The molecule has 5 atom stereocenters. The minimum atomic E-state index is -0.942.